The van der Waals surface area contributed by atoms with Gasteiger partial charge in [-0.1, -0.05) is 29.8 Å². The summed E-state index contributed by atoms with van der Waals surface area (Å²) in [6, 6.07) is 15.6. The lowest BCUT2D eigenvalue weighted by atomic mass is 9.91. The zero-order valence-electron chi connectivity index (χ0n) is 19.6. The van der Waals surface area contributed by atoms with Crippen LogP contribution in [0.15, 0.2) is 54.0 Å². The first-order chi connectivity index (χ1) is 16.6. The molecule has 5 aromatic rings. The molecule has 0 aliphatic carbocycles. The molecule has 0 amide bonds. The van der Waals surface area contributed by atoms with E-state index in [-0.39, 0.29) is 0 Å². The number of thiazole rings is 2. The highest BCUT2D eigenvalue weighted by atomic mass is 35.5. The zero-order chi connectivity index (χ0) is 24.9. The van der Waals surface area contributed by atoms with Gasteiger partial charge in [-0.2, -0.15) is 0 Å². The maximum atomic E-state index is 12.5. The first kappa shape index (κ1) is 23.9. The van der Waals surface area contributed by atoms with Crippen LogP contribution in [0.25, 0.3) is 42.1 Å². The lowest BCUT2D eigenvalue weighted by Crippen LogP contribution is -2.28. The van der Waals surface area contributed by atoms with Crippen molar-refractivity contribution in [3.05, 3.63) is 70.2 Å². The second kappa shape index (κ2) is 8.99. The zero-order valence-corrected chi connectivity index (χ0v) is 22.0. The fourth-order valence-corrected chi connectivity index (χ4v) is 6.06. The average Bonchev–Trinajstić information content (AvgIpc) is 3.43. The number of fused-ring (bicyclic) bond motifs is 2. The third-order valence-electron chi connectivity index (χ3n) is 5.60. The molecule has 0 spiro atoms. The number of aromatic nitrogens is 2. The molecule has 3 aromatic carbocycles. The van der Waals surface area contributed by atoms with E-state index in [9.17, 15) is 9.90 Å². The van der Waals surface area contributed by atoms with E-state index in [2.05, 4.69) is 17.1 Å². The summed E-state index contributed by atoms with van der Waals surface area (Å²) in [6.07, 6.45) is -1.14. The molecular formula is C27H23ClN2O3S2. The number of carbonyl (C=O) groups is 1. The molecule has 1 N–H and O–H groups in total. The van der Waals surface area contributed by atoms with Crippen LogP contribution >= 0.6 is 34.3 Å². The standard InChI is InChI=1S/C27H23ClN2O3S2/c1-14-11-19-24(35-25(30-19)16-7-10-20-18(12-16)29-13-34-20)22(15-5-8-17(28)9-6-15)21(14)23(26(31)32)33-27(2,3)4/h5-13,23H,1-4H3,(H,31,32)/t23-/m0/s1. The molecule has 5 nitrogen and oxygen atoms in total. The van der Waals surface area contributed by atoms with Crippen LogP contribution in [0.5, 0.6) is 0 Å². The molecule has 2 aromatic heterocycles. The van der Waals surface area contributed by atoms with Gasteiger partial charge in [-0.3, -0.25) is 0 Å². The van der Waals surface area contributed by atoms with E-state index in [4.69, 9.17) is 21.3 Å². The maximum absolute atomic E-state index is 12.5. The fraction of sp³-hybridized carbons (Fsp3) is 0.222. The van der Waals surface area contributed by atoms with Gasteiger partial charge in [0.05, 0.1) is 31.5 Å². The Morgan fingerprint density at radius 2 is 1.77 bits per heavy atom. The third kappa shape index (κ3) is 4.69. The topological polar surface area (TPSA) is 72.3 Å². The Labute approximate surface area is 216 Å². The minimum atomic E-state index is -1.14. The first-order valence-electron chi connectivity index (χ1n) is 11.0. The second-order valence-corrected chi connectivity index (χ2v) is 11.7. The number of ether oxygens (including phenoxy) is 1. The molecule has 0 unspecified atom stereocenters. The van der Waals surface area contributed by atoms with Crippen molar-refractivity contribution in [2.24, 2.45) is 0 Å². The van der Waals surface area contributed by atoms with Crippen molar-refractivity contribution in [2.75, 3.05) is 0 Å². The number of aliphatic carboxylic acids is 1. The van der Waals surface area contributed by atoms with E-state index in [1.807, 2.05) is 69.6 Å². The number of aryl methyl sites for hydroxylation is 1. The molecule has 0 fully saturated rings. The molecule has 0 saturated heterocycles. The summed E-state index contributed by atoms with van der Waals surface area (Å²) in [4.78, 5) is 21.8. The van der Waals surface area contributed by atoms with Crippen LogP contribution in [0.3, 0.4) is 0 Å². The number of benzene rings is 3. The molecular weight excluding hydrogens is 500 g/mol. The highest BCUT2D eigenvalue weighted by Gasteiger charge is 2.32. The summed E-state index contributed by atoms with van der Waals surface area (Å²) in [7, 11) is 0. The van der Waals surface area contributed by atoms with Gasteiger partial charge < -0.3 is 9.84 Å². The van der Waals surface area contributed by atoms with Crippen molar-refractivity contribution in [2.45, 2.75) is 39.4 Å². The highest BCUT2D eigenvalue weighted by Crippen LogP contribution is 2.44. The van der Waals surface area contributed by atoms with E-state index in [1.165, 1.54) is 0 Å². The van der Waals surface area contributed by atoms with Gasteiger partial charge in [0.15, 0.2) is 6.10 Å². The van der Waals surface area contributed by atoms with Crippen molar-refractivity contribution in [3.63, 3.8) is 0 Å². The summed E-state index contributed by atoms with van der Waals surface area (Å²) in [6.45, 7) is 7.49. The van der Waals surface area contributed by atoms with Crippen LogP contribution in [0.1, 0.15) is 38.0 Å². The van der Waals surface area contributed by atoms with Gasteiger partial charge in [-0.25, -0.2) is 14.8 Å². The molecule has 2 heterocycles. The van der Waals surface area contributed by atoms with Gasteiger partial charge >= 0.3 is 5.97 Å². The number of nitrogens with zero attached hydrogens (tertiary/aromatic N) is 2. The van der Waals surface area contributed by atoms with E-state index in [1.54, 1.807) is 22.7 Å². The SMILES string of the molecule is Cc1cc2nc(-c3ccc4scnc4c3)sc2c(-c2ccc(Cl)cc2)c1[C@H](OC(C)(C)C)C(=O)O. The van der Waals surface area contributed by atoms with Gasteiger partial charge in [0.2, 0.25) is 0 Å². The number of rotatable bonds is 5. The molecule has 0 radical (unpaired) electrons. The lowest BCUT2D eigenvalue weighted by molar-refractivity contribution is -0.160. The molecule has 8 heteroatoms. The monoisotopic (exact) mass is 522 g/mol. The highest BCUT2D eigenvalue weighted by molar-refractivity contribution is 7.22. The molecule has 0 saturated carbocycles. The number of hydrogen-bond donors (Lipinski definition) is 1. The van der Waals surface area contributed by atoms with Crippen LogP contribution < -0.4 is 0 Å². The summed E-state index contributed by atoms with van der Waals surface area (Å²) in [5, 5.41) is 11.7. The van der Waals surface area contributed by atoms with Crippen molar-refractivity contribution in [1.29, 1.82) is 0 Å². The van der Waals surface area contributed by atoms with Gasteiger partial charge in [0.25, 0.3) is 0 Å². The van der Waals surface area contributed by atoms with Crippen LogP contribution in [0, 0.1) is 6.92 Å². The van der Waals surface area contributed by atoms with Crippen LogP contribution in [-0.2, 0) is 9.53 Å². The predicted octanol–water partition coefficient (Wildman–Crippen LogP) is 8.14. The van der Waals surface area contributed by atoms with Gasteiger partial charge in [-0.15, -0.1) is 22.7 Å². The average molecular weight is 523 g/mol. The Hall–Kier alpha value is -2.84. The number of hydrogen-bond acceptors (Lipinski definition) is 6. The Kier molecular flexibility index (Phi) is 6.13. The smallest absolute Gasteiger partial charge is 0.337 e. The molecule has 0 bridgehead atoms. The maximum Gasteiger partial charge on any atom is 0.337 e. The third-order valence-corrected chi connectivity index (χ3v) is 7.80. The number of halogens is 1. The molecule has 35 heavy (non-hydrogen) atoms. The van der Waals surface area contributed by atoms with Crippen LogP contribution in [-0.4, -0.2) is 26.6 Å². The van der Waals surface area contributed by atoms with Crippen LogP contribution in [0.2, 0.25) is 5.02 Å². The normalized spacial score (nSPS) is 12.9. The van der Waals surface area contributed by atoms with E-state index < -0.39 is 17.7 Å². The fourth-order valence-electron chi connectivity index (χ4n) is 4.15. The van der Waals surface area contributed by atoms with Crippen molar-refractivity contribution in [1.82, 2.24) is 9.97 Å². The van der Waals surface area contributed by atoms with Crippen molar-refractivity contribution < 1.29 is 14.6 Å². The van der Waals surface area contributed by atoms with Crippen molar-refractivity contribution >= 4 is 60.7 Å². The van der Waals surface area contributed by atoms with E-state index >= 15 is 0 Å². The Balaban J connectivity index is 1.78. The molecule has 1 atom stereocenters. The Morgan fingerprint density at radius 3 is 2.46 bits per heavy atom. The van der Waals surface area contributed by atoms with Gasteiger partial charge in [0, 0.05) is 21.7 Å². The Morgan fingerprint density at radius 1 is 1.06 bits per heavy atom. The summed E-state index contributed by atoms with van der Waals surface area (Å²) in [5.41, 5.74) is 7.04. The number of carboxylic acids is 1. The summed E-state index contributed by atoms with van der Waals surface area (Å²) < 4.78 is 8.11. The molecule has 178 valence electrons. The molecule has 0 aliphatic heterocycles. The Bertz CT molecular complexity index is 1570. The number of carboxylic acid groups (broad SMARTS) is 1. The largest absolute Gasteiger partial charge is 0.479 e. The quantitative estimate of drug-likeness (QED) is 0.252. The lowest BCUT2D eigenvalue weighted by Gasteiger charge is -2.28. The molecule has 5 rings (SSSR count). The summed E-state index contributed by atoms with van der Waals surface area (Å²) >= 11 is 9.32. The minimum Gasteiger partial charge on any atom is -0.479 e. The predicted molar refractivity (Wildman–Crippen MR) is 145 cm³/mol. The minimum absolute atomic E-state index is 0.612. The van der Waals surface area contributed by atoms with E-state index in [0.717, 1.165) is 47.7 Å². The second-order valence-electron chi connectivity index (χ2n) is 9.34. The van der Waals surface area contributed by atoms with Crippen molar-refractivity contribution in [3.8, 4) is 21.7 Å². The first-order valence-corrected chi connectivity index (χ1v) is 13.1. The van der Waals surface area contributed by atoms with E-state index in [0.29, 0.717) is 10.6 Å². The van der Waals surface area contributed by atoms with Gasteiger partial charge in [-0.05, 0) is 69.2 Å². The van der Waals surface area contributed by atoms with Gasteiger partial charge in [0.1, 0.15) is 5.01 Å². The molecule has 0 aliphatic rings. The summed E-state index contributed by atoms with van der Waals surface area (Å²) in [5.74, 6) is -1.03. The van der Waals surface area contributed by atoms with Crippen LogP contribution in [0.4, 0.5) is 0 Å².